The van der Waals surface area contributed by atoms with Gasteiger partial charge in [-0.25, -0.2) is 0 Å². The summed E-state index contributed by atoms with van der Waals surface area (Å²) in [7, 11) is 0. The minimum atomic E-state index is 0.186. The van der Waals surface area contributed by atoms with Crippen LogP contribution in [-0.2, 0) is 6.42 Å². The van der Waals surface area contributed by atoms with E-state index in [-0.39, 0.29) is 6.04 Å². The van der Waals surface area contributed by atoms with Crippen molar-refractivity contribution in [3.63, 3.8) is 0 Å². The van der Waals surface area contributed by atoms with E-state index in [1.807, 2.05) is 42.5 Å². The molecule has 0 amide bonds. The molecule has 1 unspecified atom stereocenters. The molecule has 0 aromatic heterocycles. The molecule has 0 bridgehead atoms. The third-order valence-electron chi connectivity index (χ3n) is 3.16. The summed E-state index contributed by atoms with van der Waals surface area (Å²) in [6.45, 7) is 3.54. The Morgan fingerprint density at radius 1 is 1.10 bits per heavy atom. The van der Waals surface area contributed by atoms with E-state index < -0.39 is 0 Å². The second-order valence-corrected chi connectivity index (χ2v) is 5.66. The quantitative estimate of drug-likeness (QED) is 0.804. The van der Waals surface area contributed by atoms with Crippen molar-refractivity contribution in [3.05, 3.63) is 64.1 Å². The van der Waals surface area contributed by atoms with Gasteiger partial charge in [-0.3, -0.25) is 0 Å². The summed E-state index contributed by atoms with van der Waals surface area (Å²) >= 11 is 12.3. The van der Waals surface area contributed by atoms with E-state index >= 15 is 0 Å². The van der Waals surface area contributed by atoms with Crippen molar-refractivity contribution in [3.8, 4) is 5.75 Å². The van der Waals surface area contributed by atoms with Gasteiger partial charge in [0.25, 0.3) is 0 Å². The maximum atomic E-state index is 6.23. The molecule has 21 heavy (non-hydrogen) atoms. The second kappa shape index (κ2) is 8.28. The highest BCUT2D eigenvalue weighted by molar-refractivity contribution is 6.33. The van der Waals surface area contributed by atoms with E-state index in [2.05, 4.69) is 12.2 Å². The lowest BCUT2D eigenvalue weighted by Crippen LogP contribution is -2.36. The zero-order valence-corrected chi connectivity index (χ0v) is 13.5. The number of rotatable bonds is 7. The number of hydrogen-bond donors (Lipinski definition) is 1. The first-order chi connectivity index (χ1) is 10.2. The molecule has 0 radical (unpaired) electrons. The van der Waals surface area contributed by atoms with Crippen molar-refractivity contribution >= 4 is 23.2 Å². The highest BCUT2D eigenvalue weighted by atomic mass is 35.5. The summed E-state index contributed by atoms with van der Waals surface area (Å²) in [6.07, 6.45) is 0.778. The number of benzene rings is 2. The van der Waals surface area contributed by atoms with Crippen LogP contribution in [0.15, 0.2) is 48.5 Å². The Balaban J connectivity index is 2.00. The Labute approximate surface area is 136 Å². The van der Waals surface area contributed by atoms with Crippen molar-refractivity contribution in [2.75, 3.05) is 13.2 Å². The van der Waals surface area contributed by atoms with Gasteiger partial charge < -0.3 is 10.1 Å². The predicted molar refractivity (Wildman–Crippen MR) is 89.6 cm³/mol. The summed E-state index contributed by atoms with van der Waals surface area (Å²) in [6, 6.07) is 15.5. The van der Waals surface area contributed by atoms with Crippen LogP contribution in [-0.4, -0.2) is 19.2 Å². The molecular formula is C17H19Cl2NO. The van der Waals surface area contributed by atoms with Crippen LogP contribution >= 0.6 is 23.2 Å². The van der Waals surface area contributed by atoms with Gasteiger partial charge in [-0.05, 0) is 48.9 Å². The van der Waals surface area contributed by atoms with Gasteiger partial charge in [-0.2, -0.15) is 0 Å². The molecule has 0 aliphatic heterocycles. The minimum Gasteiger partial charge on any atom is -0.492 e. The lowest BCUT2D eigenvalue weighted by Gasteiger charge is -2.19. The monoisotopic (exact) mass is 323 g/mol. The molecule has 1 N–H and O–H groups in total. The number of likely N-dealkylation sites (N-methyl/N-ethyl adjacent to an activating group) is 1. The molecule has 0 aliphatic carbocycles. The van der Waals surface area contributed by atoms with E-state index in [9.17, 15) is 0 Å². The highest BCUT2D eigenvalue weighted by Crippen LogP contribution is 2.22. The molecule has 112 valence electrons. The van der Waals surface area contributed by atoms with Crippen molar-refractivity contribution in [2.45, 2.75) is 19.4 Å². The molecule has 2 aromatic carbocycles. The fourth-order valence-corrected chi connectivity index (χ4v) is 2.55. The van der Waals surface area contributed by atoms with Crippen LogP contribution in [0, 0.1) is 0 Å². The van der Waals surface area contributed by atoms with Gasteiger partial charge in [0, 0.05) is 16.1 Å². The first kappa shape index (κ1) is 16.2. The van der Waals surface area contributed by atoms with Crippen LogP contribution in [0.3, 0.4) is 0 Å². The van der Waals surface area contributed by atoms with Crippen molar-refractivity contribution in [1.29, 1.82) is 0 Å². The number of hydrogen-bond acceptors (Lipinski definition) is 2. The van der Waals surface area contributed by atoms with Gasteiger partial charge in [-0.1, -0.05) is 48.3 Å². The average molecular weight is 324 g/mol. The van der Waals surface area contributed by atoms with Crippen LogP contribution in [0.2, 0.25) is 10.0 Å². The standard InChI is InChI=1S/C17H19Cl2NO/c1-2-20-15(12-21-16-6-4-3-5-7-16)11-13-10-14(18)8-9-17(13)19/h3-10,15,20H,2,11-12H2,1H3. The first-order valence-corrected chi connectivity index (χ1v) is 7.79. The Bertz CT molecular complexity index is 560. The SMILES string of the molecule is CCNC(COc1ccccc1)Cc1cc(Cl)ccc1Cl. The average Bonchev–Trinajstić information content (AvgIpc) is 2.50. The van der Waals surface area contributed by atoms with E-state index in [1.165, 1.54) is 0 Å². The van der Waals surface area contributed by atoms with E-state index in [1.54, 1.807) is 6.07 Å². The number of ether oxygens (including phenoxy) is 1. The van der Waals surface area contributed by atoms with Crippen LogP contribution in [0.5, 0.6) is 5.75 Å². The zero-order chi connectivity index (χ0) is 15.1. The van der Waals surface area contributed by atoms with Crippen molar-refractivity contribution < 1.29 is 4.74 Å². The Kier molecular flexibility index (Phi) is 6.37. The molecule has 2 rings (SSSR count). The molecule has 0 saturated heterocycles. The number of halogens is 2. The third kappa shape index (κ3) is 5.24. The minimum absolute atomic E-state index is 0.186. The number of nitrogens with one attached hydrogen (secondary N) is 1. The molecule has 2 nitrogen and oxygen atoms in total. The molecule has 0 heterocycles. The lowest BCUT2D eigenvalue weighted by atomic mass is 10.1. The third-order valence-corrected chi connectivity index (χ3v) is 3.77. The predicted octanol–water partition coefficient (Wildman–Crippen LogP) is 4.59. The molecular weight excluding hydrogens is 305 g/mol. The smallest absolute Gasteiger partial charge is 0.119 e. The normalized spacial score (nSPS) is 12.1. The Hall–Kier alpha value is -1.22. The summed E-state index contributed by atoms with van der Waals surface area (Å²) in [5, 5.41) is 4.86. The van der Waals surface area contributed by atoms with Gasteiger partial charge in [0.05, 0.1) is 0 Å². The molecule has 0 aliphatic rings. The number of para-hydroxylation sites is 1. The van der Waals surface area contributed by atoms with Gasteiger partial charge >= 0.3 is 0 Å². The fraction of sp³-hybridized carbons (Fsp3) is 0.294. The topological polar surface area (TPSA) is 21.3 Å². The molecule has 0 spiro atoms. The van der Waals surface area contributed by atoms with Crippen LogP contribution in [0.25, 0.3) is 0 Å². The maximum Gasteiger partial charge on any atom is 0.119 e. The zero-order valence-electron chi connectivity index (χ0n) is 12.0. The first-order valence-electron chi connectivity index (χ1n) is 7.04. The van der Waals surface area contributed by atoms with Crippen LogP contribution in [0.1, 0.15) is 12.5 Å². The van der Waals surface area contributed by atoms with E-state index in [0.717, 1.165) is 29.3 Å². The van der Waals surface area contributed by atoms with E-state index in [0.29, 0.717) is 11.6 Å². The van der Waals surface area contributed by atoms with Gasteiger partial charge in [0.2, 0.25) is 0 Å². The van der Waals surface area contributed by atoms with Crippen LogP contribution in [0.4, 0.5) is 0 Å². The van der Waals surface area contributed by atoms with Crippen LogP contribution < -0.4 is 10.1 Å². The Morgan fingerprint density at radius 3 is 2.57 bits per heavy atom. The van der Waals surface area contributed by atoms with Gasteiger partial charge in [0.15, 0.2) is 0 Å². The molecule has 2 aromatic rings. The molecule has 0 fully saturated rings. The fourth-order valence-electron chi connectivity index (χ4n) is 2.16. The van der Waals surface area contributed by atoms with Crippen molar-refractivity contribution in [1.82, 2.24) is 5.32 Å². The maximum absolute atomic E-state index is 6.23. The highest BCUT2D eigenvalue weighted by Gasteiger charge is 2.12. The van der Waals surface area contributed by atoms with E-state index in [4.69, 9.17) is 27.9 Å². The summed E-state index contributed by atoms with van der Waals surface area (Å²) in [4.78, 5) is 0. The summed E-state index contributed by atoms with van der Waals surface area (Å²) < 4.78 is 5.82. The molecule has 0 saturated carbocycles. The summed E-state index contributed by atoms with van der Waals surface area (Å²) in [5.41, 5.74) is 1.03. The Morgan fingerprint density at radius 2 is 1.86 bits per heavy atom. The second-order valence-electron chi connectivity index (χ2n) is 4.82. The summed E-state index contributed by atoms with van der Waals surface area (Å²) in [5.74, 6) is 0.873. The lowest BCUT2D eigenvalue weighted by molar-refractivity contribution is 0.265. The largest absolute Gasteiger partial charge is 0.492 e. The molecule has 1 atom stereocenters. The van der Waals surface area contributed by atoms with Crippen molar-refractivity contribution in [2.24, 2.45) is 0 Å². The van der Waals surface area contributed by atoms with Gasteiger partial charge in [0.1, 0.15) is 12.4 Å². The van der Waals surface area contributed by atoms with Gasteiger partial charge in [-0.15, -0.1) is 0 Å². The molecule has 4 heteroatoms.